The second kappa shape index (κ2) is 4.97. The van der Waals surface area contributed by atoms with E-state index < -0.39 is 0 Å². The van der Waals surface area contributed by atoms with Crippen LogP contribution in [0.5, 0.6) is 5.75 Å². The Bertz CT molecular complexity index is 1070. The van der Waals surface area contributed by atoms with Crippen molar-refractivity contribution in [1.29, 1.82) is 0 Å². The molecule has 0 aliphatic heterocycles. The lowest BCUT2D eigenvalue weighted by Crippen LogP contribution is -1.86. The number of methoxy groups -OCH3 is 1. The molecule has 114 valence electrons. The molecule has 24 heavy (non-hydrogen) atoms. The molecule has 0 spiro atoms. The van der Waals surface area contributed by atoms with Crippen molar-refractivity contribution in [3.8, 4) is 39.1 Å². The minimum Gasteiger partial charge on any atom is -0.497 e. The van der Waals surface area contributed by atoms with Crippen molar-refractivity contribution < 1.29 is 4.74 Å². The molecule has 1 aliphatic carbocycles. The van der Waals surface area contributed by atoms with Gasteiger partial charge in [-0.15, -0.1) is 0 Å². The molecule has 1 aliphatic rings. The highest BCUT2D eigenvalue weighted by molar-refractivity contribution is 6.19. The standard InChI is InChI=1S/C23H16O/c1-24-17-12-9-15(10-13-17)18-14-11-16-5-4-8-20-19-6-2-3-7-21(19)23(18)22(16)20/h2-14H,1H3. The molecule has 0 aromatic heterocycles. The monoisotopic (exact) mass is 308 g/mol. The Balaban J connectivity index is 1.86. The molecule has 1 heteroatoms. The minimum atomic E-state index is 0.886. The van der Waals surface area contributed by atoms with Crippen molar-refractivity contribution in [1.82, 2.24) is 0 Å². The molecule has 0 N–H and O–H groups in total. The summed E-state index contributed by atoms with van der Waals surface area (Å²) in [7, 11) is 1.70. The Morgan fingerprint density at radius 2 is 1.33 bits per heavy atom. The summed E-state index contributed by atoms with van der Waals surface area (Å²) in [5.41, 5.74) is 7.85. The summed E-state index contributed by atoms with van der Waals surface area (Å²) in [6, 6.07) is 28.1. The topological polar surface area (TPSA) is 9.23 Å². The lowest BCUT2D eigenvalue weighted by atomic mass is 9.93. The normalized spacial score (nSPS) is 11.5. The molecule has 0 saturated carbocycles. The van der Waals surface area contributed by atoms with Crippen LogP contribution in [-0.4, -0.2) is 7.11 Å². The van der Waals surface area contributed by atoms with Gasteiger partial charge in [0, 0.05) is 0 Å². The van der Waals surface area contributed by atoms with Crippen molar-refractivity contribution >= 4 is 10.8 Å². The first-order chi connectivity index (χ1) is 11.9. The molecular formula is C23H16O. The molecule has 0 fully saturated rings. The number of fused-ring (bicyclic) bond motifs is 3. The summed E-state index contributed by atoms with van der Waals surface area (Å²) in [5, 5.41) is 2.67. The fourth-order valence-electron chi connectivity index (χ4n) is 3.83. The third-order valence-electron chi connectivity index (χ3n) is 4.93. The number of rotatable bonds is 2. The van der Waals surface area contributed by atoms with Gasteiger partial charge in [-0.2, -0.15) is 0 Å². The van der Waals surface area contributed by atoms with E-state index in [1.54, 1.807) is 7.11 Å². The van der Waals surface area contributed by atoms with E-state index in [0.29, 0.717) is 0 Å². The average Bonchev–Trinajstić information content (AvgIpc) is 2.99. The highest BCUT2D eigenvalue weighted by Gasteiger charge is 2.23. The third kappa shape index (κ3) is 1.75. The fourth-order valence-corrected chi connectivity index (χ4v) is 3.83. The van der Waals surface area contributed by atoms with Crippen molar-refractivity contribution in [2.24, 2.45) is 0 Å². The van der Waals surface area contributed by atoms with Gasteiger partial charge in [0.25, 0.3) is 0 Å². The summed E-state index contributed by atoms with van der Waals surface area (Å²) in [6.07, 6.45) is 0. The van der Waals surface area contributed by atoms with Crippen LogP contribution in [0.1, 0.15) is 0 Å². The molecule has 4 aromatic carbocycles. The van der Waals surface area contributed by atoms with Crippen molar-refractivity contribution in [2.75, 3.05) is 7.11 Å². The SMILES string of the molecule is COc1ccc(-c2ccc3cccc4c3c2-c2ccccc2-4)cc1. The second-order valence-corrected chi connectivity index (χ2v) is 6.17. The van der Waals surface area contributed by atoms with Crippen LogP contribution in [0, 0.1) is 0 Å². The smallest absolute Gasteiger partial charge is 0.118 e. The summed E-state index contributed by atoms with van der Waals surface area (Å²) in [6.45, 7) is 0. The zero-order valence-corrected chi connectivity index (χ0v) is 13.4. The highest BCUT2D eigenvalue weighted by atomic mass is 16.5. The number of hydrogen-bond donors (Lipinski definition) is 0. The molecule has 0 atom stereocenters. The second-order valence-electron chi connectivity index (χ2n) is 6.17. The van der Waals surface area contributed by atoms with E-state index in [0.717, 1.165) is 5.75 Å². The van der Waals surface area contributed by atoms with Gasteiger partial charge in [-0.25, -0.2) is 0 Å². The maximum absolute atomic E-state index is 5.30. The Morgan fingerprint density at radius 1 is 0.583 bits per heavy atom. The van der Waals surface area contributed by atoms with Crippen molar-refractivity contribution in [3.05, 3.63) is 78.9 Å². The van der Waals surface area contributed by atoms with Crippen LogP contribution in [0.15, 0.2) is 78.9 Å². The largest absolute Gasteiger partial charge is 0.497 e. The molecule has 0 unspecified atom stereocenters. The Morgan fingerprint density at radius 3 is 2.12 bits per heavy atom. The Kier molecular flexibility index (Phi) is 2.77. The first-order valence-electron chi connectivity index (χ1n) is 8.17. The molecule has 0 saturated heterocycles. The van der Waals surface area contributed by atoms with E-state index in [9.17, 15) is 0 Å². The predicted octanol–water partition coefficient (Wildman–Crippen LogP) is 6.16. The molecular weight excluding hydrogens is 292 g/mol. The summed E-state index contributed by atoms with van der Waals surface area (Å²) in [4.78, 5) is 0. The lowest BCUT2D eigenvalue weighted by molar-refractivity contribution is 0.415. The van der Waals surface area contributed by atoms with E-state index in [4.69, 9.17) is 4.74 Å². The zero-order valence-electron chi connectivity index (χ0n) is 13.4. The van der Waals surface area contributed by atoms with E-state index >= 15 is 0 Å². The van der Waals surface area contributed by atoms with Gasteiger partial charge in [0.05, 0.1) is 7.11 Å². The summed E-state index contributed by atoms with van der Waals surface area (Å²) < 4.78 is 5.30. The van der Waals surface area contributed by atoms with Crippen LogP contribution in [0.25, 0.3) is 44.2 Å². The maximum atomic E-state index is 5.30. The van der Waals surface area contributed by atoms with E-state index in [1.807, 2.05) is 12.1 Å². The van der Waals surface area contributed by atoms with Crippen LogP contribution in [-0.2, 0) is 0 Å². The van der Waals surface area contributed by atoms with Crippen molar-refractivity contribution in [3.63, 3.8) is 0 Å². The van der Waals surface area contributed by atoms with Gasteiger partial charge in [0.2, 0.25) is 0 Å². The number of benzene rings is 4. The Labute approximate surface area is 141 Å². The lowest BCUT2D eigenvalue weighted by Gasteiger charge is -2.11. The van der Waals surface area contributed by atoms with Gasteiger partial charge in [-0.05, 0) is 56.3 Å². The number of hydrogen-bond acceptors (Lipinski definition) is 1. The molecule has 0 radical (unpaired) electrons. The predicted molar refractivity (Wildman–Crippen MR) is 100 cm³/mol. The quantitative estimate of drug-likeness (QED) is 0.379. The minimum absolute atomic E-state index is 0.886. The van der Waals surface area contributed by atoms with E-state index in [-0.39, 0.29) is 0 Å². The summed E-state index contributed by atoms with van der Waals surface area (Å²) in [5.74, 6) is 0.886. The van der Waals surface area contributed by atoms with Crippen LogP contribution >= 0.6 is 0 Å². The van der Waals surface area contributed by atoms with E-state index in [2.05, 4.69) is 66.7 Å². The fraction of sp³-hybridized carbons (Fsp3) is 0.0435. The van der Waals surface area contributed by atoms with Gasteiger partial charge in [-0.1, -0.05) is 66.7 Å². The van der Waals surface area contributed by atoms with Crippen LogP contribution in [0.4, 0.5) is 0 Å². The van der Waals surface area contributed by atoms with Gasteiger partial charge >= 0.3 is 0 Å². The van der Waals surface area contributed by atoms with Gasteiger partial charge in [-0.3, -0.25) is 0 Å². The number of ether oxygens (including phenoxy) is 1. The average molecular weight is 308 g/mol. The third-order valence-corrected chi connectivity index (χ3v) is 4.93. The van der Waals surface area contributed by atoms with Gasteiger partial charge in [0.15, 0.2) is 0 Å². The Hall–Kier alpha value is -3.06. The molecule has 4 aromatic rings. The van der Waals surface area contributed by atoms with Crippen molar-refractivity contribution in [2.45, 2.75) is 0 Å². The van der Waals surface area contributed by atoms with Crippen LogP contribution in [0.3, 0.4) is 0 Å². The maximum Gasteiger partial charge on any atom is 0.118 e. The molecule has 1 nitrogen and oxygen atoms in total. The highest BCUT2D eigenvalue weighted by Crippen LogP contribution is 2.50. The molecule has 0 heterocycles. The van der Waals surface area contributed by atoms with E-state index in [1.165, 1.54) is 44.2 Å². The summed E-state index contributed by atoms with van der Waals surface area (Å²) >= 11 is 0. The van der Waals surface area contributed by atoms with Crippen LogP contribution < -0.4 is 4.74 Å². The van der Waals surface area contributed by atoms with Crippen LogP contribution in [0.2, 0.25) is 0 Å². The molecule has 0 bridgehead atoms. The molecule has 5 rings (SSSR count). The molecule has 0 amide bonds. The first kappa shape index (κ1) is 13.4. The van der Waals surface area contributed by atoms with Gasteiger partial charge < -0.3 is 4.74 Å². The zero-order chi connectivity index (χ0) is 16.1. The first-order valence-corrected chi connectivity index (χ1v) is 8.17. The van der Waals surface area contributed by atoms with Gasteiger partial charge in [0.1, 0.15) is 5.75 Å².